The Bertz CT molecular complexity index is 940. The van der Waals surface area contributed by atoms with Gasteiger partial charge in [-0.1, -0.05) is 34.6 Å². The van der Waals surface area contributed by atoms with E-state index < -0.39 is 0 Å². The average Bonchev–Trinajstić information content (AvgIpc) is 3.38. The molecule has 0 N–H and O–H groups in total. The van der Waals surface area contributed by atoms with Gasteiger partial charge >= 0.3 is 11.9 Å². The summed E-state index contributed by atoms with van der Waals surface area (Å²) in [6, 6.07) is 0. The molecule has 5 nitrogen and oxygen atoms in total. The molecule has 38 heavy (non-hydrogen) atoms. The predicted molar refractivity (Wildman–Crippen MR) is 148 cm³/mol. The molecule has 10 atom stereocenters. The molecule has 214 valence electrons. The van der Waals surface area contributed by atoms with Crippen molar-refractivity contribution in [1.29, 1.82) is 0 Å². The zero-order valence-electron chi connectivity index (χ0n) is 24.9. The summed E-state index contributed by atoms with van der Waals surface area (Å²) < 4.78 is 17.9. The van der Waals surface area contributed by atoms with E-state index in [2.05, 4.69) is 27.7 Å². The van der Waals surface area contributed by atoms with Crippen LogP contribution < -0.4 is 0 Å². The number of esters is 2. The van der Waals surface area contributed by atoms with Gasteiger partial charge in [0.2, 0.25) is 0 Å². The lowest BCUT2D eigenvalue weighted by Crippen LogP contribution is -2.54. The summed E-state index contributed by atoms with van der Waals surface area (Å²) in [5, 5.41) is 0. The molecule has 0 saturated heterocycles. The fourth-order valence-electron chi connectivity index (χ4n) is 9.98. The smallest absolute Gasteiger partial charge is 0.305 e. The largest absolute Gasteiger partial charge is 0.494 e. The third-order valence-electron chi connectivity index (χ3n) is 12.1. The number of fused-ring (bicyclic) bond motifs is 7. The van der Waals surface area contributed by atoms with Crippen LogP contribution in [0, 0.1) is 46.3 Å². The maximum Gasteiger partial charge on any atom is 0.305 e. The molecule has 0 aromatic heterocycles. The van der Waals surface area contributed by atoms with E-state index in [0.29, 0.717) is 54.1 Å². The molecule has 5 rings (SSSR count). The Balaban J connectivity index is 1.23. The molecule has 4 fully saturated rings. The van der Waals surface area contributed by atoms with Crippen molar-refractivity contribution in [2.24, 2.45) is 46.3 Å². The van der Waals surface area contributed by atoms with Gasteiger partial charge < -0.3 is 14.2 Å². The monoisotopic (exact) mass is 528 g/mol. The molecule has 0 bridgehead atoms. The number of carbonyl (C=O) groups is 2. The van der Waals surface area contributed by atoms with Crippen LogP contribution in [0.5, 0.6) is 0 Å². The molecule has 0 radical (unpaired) electrons. The van der Waals surface area contributed by atoms with Gasteiger partial charge in [0.15, 0.2) is 0 Å². The van der Waals surface area contributed by atoms with Crippen molar-refractivity contribution in [3.63, 3.8) is 0 Å². The van der Waals surface area contributed by atoms with Crippen molar-refractivity contribution in [2.45, 2.75) is 131 Å². The van der Waals surface area contributed by atoms with Crippen LogP contribution in [0.4, 0.5) is 0 Å². The molecule has 5 aliphatic rings. The first-order chi connectivity index (χ1) is 18.1. The van der Waals surface area contributed by atoms with Crippen LogP contribution in [-0.2, 0) is 23.8 Å². The van der Waals surface area contributed by atoms with E-state index in [1.165, 1.54) is 49.9 Å². The van der Waals surface area contributed by atoms with Gasteiger partial charge in [-0.2, -0.15) is 0 Å². The average molecular weight is 529 g/mol. The second kappa shape index (κ2) is 10.8. The Kier molecular flexibility index (Phi) is 7.97. The first kappa shape index (κ1) is 28.0. The van der Waals surface area contributed by atoms with Gasteiger partial charge in [-0.25, -0.2) is 0 Å². The van der Waals surface area contributed by atoms with Gasteiger partial charge in [0.25, 0.3) is 0 Å². The van der Waals surface area contributed by atoms with Crippen molar-refractivity contribution in [3.05, 3.63) is 11.3 Å². The summed E-state index contributed by atoms with van der Waals surface area (Å²) in [5.41, 5.74) is 2.25. The first-order valence-electron chi connectivity index (χ1n) is 15.8. The summed E-state index contributed by atoms with van der Waals surface area (Å²) >= 11 is 0. The summed E-state index contributed by atoms with van der Waals surface area (Å²) in [5.74, 6) is 5.07. The quantitative estimate of drug-likeness (QED) is 0.303. The van der Waals surface area contributed by atoms with Crippen molar-refractivity contribution >= 4 is 11.9 Å². The Morgan fingerprint density at radius 2 is 1.71 bits per heavy atom. The Morgan fingerprint density at radius 3 is 2.45 bits per heavy atom. The molecular weight excluding hydrogens is 476 g/mol. The van der Waals surface area contributed by atoms with Crippen LogP contribution in [-0.4, -0.2) is 30.8 Å². The van der Waals surface area contributed by atoms with Crippen molar-refractivity contribution in [2.75, 3.05) is 6.61 Å². The number of carbonyl (C=O) groups excluding carboxylic acids is 2. The molecule has 1 heterocycles. The summed E-state index contributed by atoms with van der Waals surface area (Å²) in [6.07, 6.45) is 13.2. The highest BCUT2D eigenvalue weighted by atomic mass is 16.5. The van der Waals surface area contributed by atoms with Crippen molar-refractivity contribution in [3.8, 4) is 0 Å². The first-order valence-corrected chi connectivity index (χ1v) is 15.8. The highest BCUT2D eigenvalue weighted by Crippen LogP contribution is 2.69. The number of rotatable bonds is 8. The molecule has 1 aliphatic heterocycles. The predicted octanol–water partition coefficient (Wildman–Crippen LogP) is 7.62. The lowest BCUT2D eigenvalue weighted by molar-refractivity contribution is -0.161. The van der Waals surface area contributed by atoms with Crippen LogP contribution in [0.25, 0.3) is 0 Å². The van der Waals surface area contributed by atoms with E-state index in [1.807, 2.05) is 13.8 Å². The molecule has 0 spiro atoms. The second-order valence-corrected chi connectivity index (χ2v) is 14.1. The topological polar surface area (TPSA) is 61.8 Å². The van der Waals surface area contributed by atoms with Crippen LogP contribution >= 0.6 is 0 Å². The third kappa shape index (κ3) is 4.83. The van der Waals surface area contributed by atoms with E-state index in [-0.39, 0.29) is 18.0 Å². The Labute approximate surface area is 230 Å². The van der Waals surface area contributed by atoms with Gasteiger partial charge in [-0.15, -0.1) is 0 Å². The van der Waals surface area contributed by atoms with Crippen molar-refractivity contribution in [1.82, 2.24) is 0 Å². The Hall–Kier alpha value is -1.52. The highest BCUT2D eigenvalue weighted by Gasteiger charge is 2.64. The number of allylic oxidation sites excluding steroid dienone is 1. The van der Waals surface area contributed by atoms with Gasteiger partial charge in [-0.3, -0.25) is 9.59 Å². The Morgan fingerprint density at radius 1 is 0.974 bits per heavy atom. The van der Waals surface area contributed by atoms with Crippen molar-refractivity contribution < 1.29 is 23.8 Å². The maximum absolute atomic E-state index is 11.9. The SMILES string of the molecule is CCC(=O)OC[C@H](C)CCC1=C(C)[C@@H]2[C@H](C[C@@H]3[C@@H]4CC[C@H]5C[C@H](OC(=O)CC)CC[C@]5(C)[C@H]4CC[C@@]32C)O1. The van der Waals surface area contributed by atoms with E-state index in [1.54, 1.807) is 0 Å². The number of hydrogen-bond acceptors (Lipinski definition) is 5. The second-order valence-electron chi connectivity index (χ2n) is 14.1. The van der Waals surface area contributed by atoms with E-state index in [4.69, 9.17) is 14.2 Å². The zero-order chi connectivity index (χ0) is 27.2. The summed E-state index contributed by atoms with van der Waals surface area (Å²) in [6.45, 7) is 13.9. The minimum Gasteiger partial charge on any atom is -0.494 e. The van der Waals surface area contributed by atoms with E-state index in [9.17, 15) is 9.59 Å². The van der Waals surface area contributed by atoms with Gasteiger partial charge in [0, 0.05) is 25.2 Å². The molecule has 4 aliphatic carbocycles. The maximum atomic E-state index is 11.9. The summed E-state index contributed by atoms with van der Waals surface area (Å²) in [4.78, 5) is 23.5. The molecule has 0 unspecified atom stereocenters. The van der Waals surface area contributed by atoms with Gasteiger partial charge in [-0.05, 0) is 111 Å². The van der Waals surface area contributed by atoms with Crippen LogP contribution in [0.15, 0.2) is 11.3 Å². The molecule has 0 amide bonds. The minimum absolute atomic E-state index is 0.0320. The molecular formula is C33H52O5. The van der Waals surface area contributed by atoms with Crippen LogP contribution in [0.3, 0.4) is 0 Å². The lowest BCUT2D eigenvalue weighted by atomic mass is 9.44. The summed E-state index contributed by atoms with van der Waals surface area (Å²) in [7, 11) is 0. The van der Waals surface area contributed by atoms with Gasteiger partial charge in [0.05, 0.1) is 12.4 Å². The standard InChI is InChI=1S/C33H52O5/c1-7-29(34)36-19-20(3)9-12-27-21(4)31-28(38-27)18-26-24-11-10-22-17-23(37-30(35)8-2)13-15-32(22,5)25(24)14-16-33(26,31)6/h20,22-26,28,31H,7-19H2,1-6H3/t20-,22+,23-,24-,25+,26-,28+,31-,32+,33+/m1/s1. The third-order valence-corrected chi connectivity index (χ3v) is 12.1. The molecule has 4 saturated carbocycles. The molecule has 0 aromatic carbocycles. The number of hydrogen-bond donors (Lipinski definition) is 0. The van der Waals surface area contributed by atoms with E-state index in [0.717, 1.165) is 43.4 Å². The van der Waals surface area contributed by atoms with E-state index >= 15 is 0 Å². The normalized spacial score (nSPS) is 42.3. The van der Waals surface area contributed by atoms with Crippen LogP contribution in [0.1, 0.15) is 119 Å². The highest BCUT2D eigenvalue weighted by molar-refractivity contribution is 5.69. The minimum atomic E-state index is -0.107. The fourth-order valence-corrected chi connectivity index (χ4v) is 9.98. The van der Waals surface area contributed by atoms with Gasteiger partial charge in [0.1, 0.15) is 12.2 Å². The molecule has 0 aromatic rings. The lowest BCUT2D eigenvalue weighted by Gasteiger charge is -2.61. The fraction of sp³-hybridized carbons (Fsp3) is 0.879. The molecule has 5 heteroatoms. The van der Waals surface area contributed by atoms with Crippen LogP contribution in [0.2, 0.25) is 0 Å². The number of ether oxygens (including phenoxy) is 3. The zero-order valence-corrected chi connectivity index (χ0v) is 24.9.